The maximum Gasteiger partial charge on any atom is 0.145 e. The van der Waals surface area contributed by atoms with Crippen molar-refractivity contribution >= 4 is 42.5 Å². The molecule has 0 bridgehead atoms. The van der Waals surface area contributed by atoms with Gasteiger partial charge in [-0.25, -0.2) is 4.98 Å². The second-order valence-corrected chi connectivity index (χ2v) is 15.1. The zero-order valence-electron chi connectivity index (χ0n) is 28.4. The van der Waals surface area contributed by atoms with Crippen LogP contribution in [0.4, 0.5) is 0 Å². The average Bonchev–Trinajstić information content (AvgIpc) is 3.73. The van der Waals surface area contributed by atoms with Crippen LogP contribution in [0.2, 0.25) is 0 Å². The van der Waals surface area contributed by atoms with Crippen molar-refractivity contribution in [1.82, 2.24) is 9.55 Å². The summed E-state index contributed by atoms with van der Waals surface area (Å²) in [6.45, 7) is 6.90. The molecule has 0 aliphatic heterocycles. The van der Waals surface area contributed by atoms with E-state index < -0.39 is 0 Å². The van der Waals surface area contributed by atoms with E-state index in [1.807, 2.05) is 11.3 Å². The Morgan fingerprint density at radius 1 is 0.480 bits per heavy atom. The van der Waals surface area contributed by atoms with E-state index in [4.69, 9.17) is 4.98 Å². The molecule has 0 saturated carbocycles. The third kappa shape index (κ3) is 5.22. The van der Waals surface area contributed by atoms with Crippen LogP contribution in [-0.4, -0.2) is 9.55 Å². The van der Waals surface area contributed by atoms with Gasteiger partial charge in [-0.3, -0.25) is 4.57 Å². The highest BCUT2D eigenvalue weighted by Crippen LogP contribution is 2.44. The Balaban J connectivity index is 1.34. The van der Waals surface area contributed by atoms with Crippen LogP contribution in [0.25, 0.3) is 81.7 Å². The predicted molar refractivity (Wildman–Crippen MR) is 214 cm³/mol. The summed E-state index contributed by atoms with van der Waals surface area (Å²) in [6.07, 6.45) is 0. The summed E-state index contributed by atoms with van der Waals surface area (Å²) < 4.78 is 4.99. The molecule has 7 aromatic carbocycles. The van der Waals surface area contributed by atoms with Gasteiger partial charge >= 0.3 is 0 Å². The van der Waals surface area contributed by atoms with Crippen LogP contribution in [0.3, 0.4) is 0 Å². The number of imidazole rings is 1. The molecule has 0 amide bonds. The lowest BCUT2D eigenvalue weighted by molar-refractivity contribution is 0.590. The van der Waals surface area contributed by atoms with Gasteiger partial charge in [0.15, 0.2) is 0 Å². The average molecular weight is 661 g/mol. The molecule has 2 aromatic heterocycles. The van der Waals surface area contributed by atoms with Crippen molar-refractivity contribution < 1.29 is 0 Å². The lowest BCUT2D eigenvalue weighted by Gasteiger charge is -2.26. The van der Waals surface area contributed by atoms with Crippen LogP contribution in [0.1, 0.15) is 26.3 Å². The third-order valence-electron chi connectivity index (χ3n) is 9.77. The standard InChI is InChI=1S/C47H36N2S/c1-47(2,3)36-29-38(32-17-9-5-10-18-32)45(39(30-36)33-19-11-6-12-20-33)49-42-22-14-13-21-41(42)48-46(49)35-24-26-43-40(27-35)37-25-23-34(28-44(37)50-43)31-15-7-4-8-16-31/h4-30H,1-3H3. The van der Waals surface area contributed by atoms with E-state index in [-0.39, 0.29) is 5.41 Å². The van der Waals surface area contributed by atoms with E-state index in [1.165, 1.54) is 59.1 Å². The number of hydrogen-bond acceptors (Lipinski definition) is 2. The molecule has 0 spiro atoms. The molecule has 0 unspecified atom stereocenters. The summed E-state index contributed by atoms with van der Waals surface area (Å²) in [4.78, 5) is 5.39. The lowest BCUT2D eigenvalue weighted by atomic mass is 9.82. The Morgan fingerprint density at radius 3 is 1.70 bits per heavy atom. The second kappa shape index (κ2) is 12.0. The number of nitrogens with zero attached hydrogens (tertiary/aromatic N) is 2. The molecule has 2 nitrogen and oxygen atoms in total. The molecule has 240 valence electrons. The fourth-order valence-electron chi connectivity index (χ4n) is 7.16. The highest BCUT2D eigenvalue weighted by molar-refractivity contribution is 7.25. The van der Waals surface area contributed by atoms with Crippen molar-refractivity contribution in [3.8, 4) is 50.5 Å². The van der Waals surface area contributed by atoms with Crippen molar-refractivity contribution in [3.05, 3.63) is 169 Å². The summed E-state index contributed by atoms with van der Waals surface area (Å²) >= 11 is 1.86. The van der Waals surface area contributed by atoms with Crippen LogP contribution in [0.15, 0.2) is 164 Å². The van der Waals surface area contributed by atoms with Crippen LogP contribution < -0.4 is 0 Å². The van der Waals surface area contributed by atoms with E-state index >= 15 is 0 Å². The molecule has 0 fully saturated rings. The molecule has 0 aliphatic carbocycles. The largest absolute Gasteiger partial charge is 0.291 e. The molecule has 0 N–H and O–H groups in total. The number of para-hydroxylation sites is 2. The predicted octanol–water partition coefficient (Wildman–Crippen LogP) is 13.4. The topological polar surface area (TPSA) is 17.8 Å². The Kier molecular flexibility index (Phi) is 7.26. The first-order valence-electron chi connectivity index (χ1n) is 17.2. The second-order valence-electron chi connectivity index (χ2n) is 14.1. The molecule has 50 heavy (non-hydrogen) atoms. The van der Waals surface area contributed by atoms with Gasteiger partial charge < -0.3 is 0 Å². The number of benzene rings is 7. The van der Waals surface area contributed by atoms with Crippen molar-refractivity contribution in [2.24, 2.45) is 0 Å². The van der Waals surface area contributed by atoms with Gasteiger partial charge in [-0.15, -0.1) is 11.3 Å². The third-order valence-corrected chi connectivity index (χ3v) is 10.9. The molecule has 0 aliphatic rings. The minimum atomic E-state index is -0.0448. The first-order chi connectivity index (χ1) is 24.4. The maximum absolute atomic E-state index is 5.39. The summed E-state index contributed by atoms with van der Waals surface area (Å²) in [6, 6.07) is 59.4. The molecular weight excluding hydrogens is 625 g/mol. The summed E-state index contributed by atoms with van der Waals surface area (Å²) in [5.41, 5.74) is 12.8. The number of fused-ring (bicyclic) bond motifs is 4. The smallest absolute Gasteiger partial charge is 0.145 e. The monoisotopic (exact) mass is 660 g/mol. The minimum absolute atomic E-state index is 0.0448. The van der Waals surface area contributed by atoms with Gasteiger partial charge in [0, 0.05) is 36.9 Å². The number of rotatable bonds is 5. The first kappa shape index (κ1) is 30.3. The van der Waals surface area contributed by atoms with E-state index in [9.17, 15) is 0 Å². The molecule has 9 aromatic rings. The highest BCUT2D eigenvalue weighted by atomic mass is 32.1. The van der Waals surface area contributed by atoms with Gasteiger partial charge in [-0.2, -0.15) is 0 Å². The summed E-state index contributed by atoms with van der Waals surface area (Å²) in [5, 5.41) is 2.54. The Morgan fingerprint density at radius 2 is 1.06 bits per heavy atom. The lowest BCUT2D eigenvalue weighted by Crippen LogP contribution is -2.13. The quantitative estimate of drug-likeness (QED) is 0.180. The normalized spacial score (nSPS) is 11.9. The molecule has 0 saturated heterocycles. The van der Waals surface area contributed by atoms with Gasteiger partial charge in [-0.05, 0) is 81.8 Å². The van der Waals surface area contributed by atoms with Gasteiger partial charge in [0.2, 0.25) is 0 Å². The molecule has 3 heteroatoms. The first-order valence-corrected chi connectivity index (χ1v) is 18.0. The number of hydrogen-bond donors (Lipinski definition) is 0. The van der Waals surface area contributed by atoms with Crippen molar-refractivity contribution in [1.29, 1.82) is 0 Å². The van der Waals surface area contributed by atoms with Crippen molar-refractivity contribution in [2.75, 3.05) is 0 Å². The fraction of sp³-hybridized carbons (Fsp3) is 0.0851. The molecule has 2 heterocycles. The summed E-state index contributed by atoms with van der Waals surface area (Å²) in [7, 11) is 0. The SMILES string of the molecule is CC(C)(C)c1cc(-c2ccccc2)c(-n2c(-c3ccc4sc5cc(-c6ccccc6)ccc5c4c3)nc3ccccc32)c(-c2ccccc2)c1. The van der Waals surface area contributed by atoms with Gasteiger partial charge in [0.1, 0.15) is 5.82 Å². The zero-order valence-corrected chi connectivity index (χ0v) is 29.2. The molecule has 0 radical (unpaired) electrons. The van der Waals surface area contributed by atoms with E-state index in [0.29, 0.717) is 0 Å². The summed E-state index contributed by atoms with van der Waals surface area (Å²) in [5.74, 6) is 0.936. The zero-order chi connectivity index (χ0) is 33.8. The van der Waals surface area contributed by atoms with Gasteiger partial charge in [-0.1, -0.05) is 136 Å². The highest BCUT2D eigenvalue weighted by Gasteiger charge is 2.25. The van der Waals surface area contributed by atoms with Crippen LogP contribution in [-0.2, 0) is 5.41 Å². The van der Waals surface area contributed by atoms with Gasteiger partial charge in [0.05, 0.1) is 16.7 Å². The number of thiophene rings is 1. The molecular formula is C47H36N2S. The maximum atomic E-state index is 5.39. The van der Waals surface area contributed by atoms with Crippen molar-refractivity contribution in [2.45, 2.75) is 26.2 Å². The van der Waals surface area contributed by atoms with Crippen molar-refractivity contribution in [3.63, 3.8) is 0 Å². The van der Waals surface area contributed by atoms with Gasteiger partial charge in [0.25, 0.3) is 0 Å². The Labute approximate surface area is 297 Å². The molecule has 9 rings (SSSR count). The fourth-order valence-corrected chi connectivity index (χ4v) is 8.28. The minimum Gasteiger partial charge on any atom is -0.291 e. The Bertz CT molecular complexity index is 2600. The Hall–Kier alpha value is -5.77. The molecule has 0 atom stereocenters. The van der Waals surface area contributed by atoms with Crippen LogP contribution >= 0.6 is 11.3 Å². The van der Waals surface area contributed by atoms with E-state index in [1.54, 1.807) is 0 Å². The van der Waals surface area contributed by atoms with Crippen LogP contribution in [0, 0.1) is 0 Å². The van der Waals surface area contributed by atoms with E-state index in [2.05, 4.69) is 189 Å². The van der Waals surface area contributed by atoms with E-state index in [0.717, 1.165) is 28.1 Å². The van der Waals surface area contributed by atoms with Crippen LogP contribution in [0.5, 0.6) is 0 Å². The number of aromatic nitrogens is 2.